The van der Waals surface area contributed by atoms with Crippen molar-refractivity contribution >= 4 is 5.91 Å². The molecular weight excluding hydrogens is 361 g/mol. The van der Waals surface area contributed by atoms with Gasteiger partial charge in [0, 0.05) is 19.6 Å². The third-order valence-electron chi connectivity index (χ3n) is 4.60. The molecule has 1 fully saturated rings. The zero-order chi connectivity index (χ0) is 19.8. The molecule has 1 aliphatic heterocycles. The fraction of sp³-hybridized carbons (Fsp3) is 0.333. The minimum Gasteiger partial charge on any atom is -0.482 e. The average molecular weight is 383 g/mol. The summed E-state index contributed by atoms with van der Waals surface area (Å²) < 4.78 is 24.2. The Balaban J connectivity index is 1.60. The van der Waals surface area contributed by atoms with Crippen molar-refractivity contribution < 1.29 is 18.7 Å². The average Bonchev–Trinajstić information content (AvgIpc) is 2.74. The van der Waals surface area contributed by atoms with Crippen LogP contribution in [0.15, 0.2) is 48.5 Å². The van der Waals surface area contributed by atoms with Gasteiger partial charge in [-0.25, -0.2) is 4.39 Å². The normalized spacial score (nSPS) is 15.4. The number of hydrogen-bond acceptors (Lipinski definition) is 5. The number of benzene rings is 2. The van der Waals surface area contributed by atoms with Crippen LogP contribution in [0.4, 0.5) is 4.39 Å². The molecule has 2 aromatic rings. The first-order valence-electron chi connectivity index (χ1n) is 9.13. The lowest BCUT2D eigenvalue weighted by Crippen LogP contribution is -2.44. The first-order chi connectivity index (χ1) is 13.7. The molecule has 1 saturated heterocycles. The Morgan fingerprint density at radius 3 is 2.64 bits per heavy atom. The molecule has 3 rings (SSSR count). The molecule has 1 aliphatic rings. The van der Waals surface area contributed by atoms with Gasteiger partial charge in [-0.1, -0.05) is 24.3 Å². The lowest BCUT2D eigenvalue weighted by atomic mass is 10.0. The minimum absolute atomic E-state index is 0.0835. The van der Waals surface area contributed by atoms with E-state index in [1.807, 2.05) is 6.07 Å². The summed E-state index contributed by atoms with van der Waals surface area (Å²) in [4.78, 5) is 14.5. The van der Waals surface area contributed by atoms with E-state index in [0.717, 1.165) is 18.7 Å². The number of nitrogens with one attached hydrogen (secondary N) is 1. The predicted octanol–water partition coefficient (Wildman–Crippen LogP) is 2.27. The fourth-order valence-electron chi connectivity index (χ4n) is 3.12. The largest absolute Gasteiger partial charge is 0.482 e. The number of morpholine rings is 1. The van der Waals surface area contributed by atoms with Crippen LogP contribution < -0.4 is 10.1 Å². The molecule has 0 spiro atoms. The van der Waals surface area contributed by atoms with E-state index in [2.05, 4.69) is 10.2 Å². The maximum absolute atomic E-state index is 13.3. The van der Waals surface area contributed by atoms with Crippen molar-refractivity contribution in [1.29, 1.82) is 5.26 Å². The van der Waals surface area contributed by atoms with E-state index in [4.69, 9.17) is 14.7 Å². The van der Waals surface area contributed by atoms with Crippen LogP contribution in [-0.4, -0.2) is 50.3 Å². The summed E-state index contributed by atoms with van der Waals surface area (Å²) in [5.74, 6) is -0.199. The van der Waals surface area contributed by atoms with Gasteiger partial charge in [0.05, 0.1) is 24.8 Å². The number of nitrogens with zero attached hydrogens (tertiary/aromatic N) is 2. The van der Waals surface area contributed by atoms with Crippen LogP contribution in [0.25, 0.3) is 0 Å². The maximum atomic E-state index is 13.3. The predicted molar refractivity (Wildman–Crippen MR) is 101 cm³/mol. The van der Waals surface area contributed by atoms with E-state index in [9.17, 15) is 9.18 Å². The van der Waals surface area contributed by atoms with Crippen LogP contribution in [0.1, 0.15) is 17.2 Å². The van der Waals surface area contributed by atoms with Gasteiger partial charge in [0.1, 0.15) is 17.6 Å². The highest BCUT2D eigenvalue weighted by molar-refractivity contribution is 5.77. The number of amides is 1. The van der Waals surface area contributed by atoms with Crippen LogP contribution in [0.2, 0.25) is 0 Å². The number of ether oxygens (including phenoxy) is 2. The quantitative estimate of drug-likeness (QED) is 0.794. The second-order valence-corrected chi connectivity index (χ2v) is 6.42. The summed E-state index contributed by atoms with van der Waals surface area (Å²) in [5.41, 5.74) is 1.31. The number of halogens is 1. The molecule has 0 aliphatic carbocycles. The van der Waals surface area contributed by atoms with Crippen molar-refractivity contribution in [3.8, 4) is 11.8 Å². The van der Waals surface area contributed by atoms with Gasteiger partial charge in [-0.05, 0) is 29.8 Å². The van der Waals surface area contributed by atoms with E-state index >= 15 is 0 Å². The van der Waals surface area contributed by atoms with Crippen molar-refractivity contribution in [3.63, 3.8) is 0 Å². The minimum atomic E-state index is -0.293. The zero-order valence-electron chi connectivity index (χ0n) is 15.4. The molecule has 1 heterocycles. The number of para-hydroxylation sites is 1. The molecule has 0 radical (unpaired) electrons. The number of hydrogen-bond donors (Lipinski definition) is 1. The van der Waals surface area contributed by atoms with E-state index in [1.165, 1.54) is 12.1 Å². The van der Waals surface area contributed by atoms with E-state index in [-0.39, 0.29) is 24.4 Å². The number of carbonyl (C=O) groups excluding carboxylic acids is 1. The molecule has 28 heavy (non-hydrogen) atoms. The Hall–Kier alpha value is -2.95. The van der Waals surface area contributed by atoms with Gasteiger partial charge in [0.25, 0.3) is 5.91 Å². The molecular formula is C21H22FN3O3. The third kappa shape index (κ3) is 5.28. The molecule has 0 saturated carbocycles. The molecule has 0 bridgehead atoms. The summed E-state index contributed by atoms with van der Waals surface area (Å²) in [6.45, 7) is 2.92. The topological polar surface area (TPSA) is 74.6 Å². The van der Waals surface area contributed by atoms with Crippen molar-refractivity contribution in [1.82, 2.24) is 10.2 Å². The second kappa shape index (κ2) is 9.83. The molecule has 1 atom stereocenters. The fourth-order valence-corrected chi connectivity index (χ4v) is 3.12. The molecule has 146 valence electrons. The molecule has 6 nitrogen and oxygen atoms in total. The molecule has 1 amide bonds. The molecule has 0 aromatic heterocycles. The Kier molecular flexibility index (Phi) is 6.95. The highest BCUT2D eigenvalue weighted by Gasteiger charge is 2.23. The summed E-state index contributed by atoms with van der Waals surface area (Å²) in [6.07, 6.45) is 0. The van der Waals surface area contributed by atoms with E-state index < -0.39 is 0 Å². The Morgan fingerprint density at radius 1 is 1.21 bits per heavy atom. The number of carbonyl (C=O) groups is 1. The van der Waals surface area contributed by atoms with Crippen molar-refractivity contribution in [3.05, 3.63) is 65.5 Å². The standard InChI is InChI=1S/C21H22FN3O3/c22-18-7-5-16(6-8-18)19(25-9-11-27-12-10-25)14-24-21(26)15-28-20-4-2-1-3-17(20)13-23/h1-8,19H,9-12,14-15H2,(H,24,26)/t19-/m1/s1. The Labute approximate surface area is 163 Å². The first-order valence-corrected chi connectivity index (χ1v) is 9.13. The van der Waals surface area contributed by atoms with Gasteiger partial charge < -0.3 is 14.8 Å². The smallest absolute Gasteiger partial charge is 0.258 e. The second-order valence-electron chi connectivity index (χ2n) is 6.42. The van der Waals surface area contributed by atoms with Gasteiger partial charge in [-0.15, -0.1) is 0 Å². The number of rotatable bonds is 7. The molecule has 7 heteroatoms. The molecule has 2 aromatic carbocycles. The Morgan fingerprint density at radius 2 is 1.93 bits per heavy atom. The van der Waals surface area contributed by atoms with Crippen LogP contribution in [0, 0.1) is 17.1 Å². The van der Waals surface area contributed by atoms with Gasteiger partial charge in [0.2, 0.25) is 0 Å². The summed E-state index contributed by atoms with van der Waals surface area (Å²) in [7, 11) is 0. The van der Waals surface area contributed by atoms with Crippen molar-refractivity contribution in [2.75, 3.05) is 39.5 Å². The van der Waals surface area contributed by atoms with Crippen LogP contribution in [-0.2, 0) is 9.53 Å². The first kappa shape index (κ1) is 19.8. The summed E-state index contributed by atoms with van der Waals surface area (Å²) in [6, 6.07) is 15.0. The van der Waals surface area contributed by atoms with Crippen molar-refractivity contribution in [2.45, 2.75) is 6.04 Å². The van der Waals surface area contributed by atoms with Crippen molar-refractivity contribution in [2.24, 2.45) is 0 Å². The third-order valence-corrected chi connectivity index (χ3v) is 4.60. The monoisotopic (exact) mass is 383 g/mol. The summed E-state index contributed by atoms with van der Waals surface area (Å²) >= 11 is 0. The van der Waals surface area contributed by atoms with Gasteiger partial charge >= 0.3 is 0 Å². The maximum Gasteiger partial charge on any atom is 0.258 e. The molecule has 0 unspecified atom stereocenters. The lowest BCUT2D eigenvalue weighted by molar-refractivity contribution is -0.123. The van der Waals surface area contributed by atoms with Gasteiger partial charge in [-0.2, -0.15) is 5.26 Å². The van der Waals surface area contributed by atoms with Gasteiger partial charge in [0.15, 0.2) is 6.61 Å². The highest BCUT2D eigenvalue weighted by atomic mass is 19.1. The van der Waals surface area contributed by atoms with Crippen LogP contribution in [0.5, 0.6) is 5.75 Å². The SMILES string of the molecule is N#Cc1ccccc1OCC(=O)NC[C@H](c1ccc(F)cc1)N1CCOCC1. The lowest BCUT2D eigenvalue weighted by Gasteiger charge is -2.35. The van der Waals surface area contributed by atoms with E-state index in [1.54, 1.807) is 36.4 Å². The van der Waals surface area contributed by atoms with Crippen LogP contribution >= 0.6 is 0 Å². The Bertz CT molecular complexity index is 830. The van der Waals surface area contributed by atoms with Gasteiger partial charge in [-0.3, -0.25) is 9.69 Å². The molecule has 1 N–H and O–H groups in total. The highest BCUT2D eigenvalue weighted by Crippen LogP contribution is 2.22. The van der Waals surface area contributed by atoms with Crippen LogP contribution in [0.3, 0.4) is 0 Å². The summed E-state index contributed by atoms with van der Waals surface area (Å²) in [5, 5.41) is 12.0. The number of nitriles is 1. The zero-order valence-corrected chi connectivity index (χ0v) is 15.4. The van der Waals surface area contributed by atoms with E-state index in [0.29, 0.717) is 31.1 Å².